The maximum Gasteiger partial charge on any atom is 0.0979 e. The number of para-hydroxylation sites is 1. The Bertz CT molecular complexity index is 2540. The zero-order chi connectivity index (χ0) is 38.7. The van der Waals surface area contributed by atoms with E-state index in [0.29, 0.717) is 0 Å². The molecule has 8 aromatic rings. The molecule has 0 fully saturated rings. The molecule has 1 aliphatic rings. The van der Waals surface area contributed by atoms with Crippen LogP contribution in [0.3, 0.4) is 0 Å². The summed E-state index contributed by atoms with van der Waals surface area (Å²) in [7, 11) is 0. The number of hydrogen-bond acceptors (Lipinski definition) is 2. The highest BCUT2D eigenvalue weighted by atomic mass is 14.9. The fourth-order valence-corrected chi connectivity index (χ4v) is 8.89. The van der Waals surface area contributed by atoms with Crippen LogP contribution < -0.4 is 0 Å². The Labute approximate surface area is 337 Å². The molecule has 57 heavy (non-hydrogen) atoms. The normalized spacial score (nSPS) is 13.7. The van der Waals surface area contributed by atoms with Crippen molar-refractivity contribution in [2.75, 3.05) is 0 Å². The van der Waals surface area contributed by atoms with Gasteiger partial charge in [0.2, 0.25) is 0 Å². The lowest BCUT2D eigenvalue weighted by Crippen LogP contribution is -2.14. The summed E-state index contributed by atoms with van der Waals surface area (Å²) in [6.07, 6.45) is 1.81. The summed E-state index contributed by atoms with van der Waals surface area (Å²) in [4.78, 5) is 11.8. The second kappa shape index (κ2) is 15.8. The molecule has 0 heterocycles. The van der Waals surface area contributed by atoms with Crippen LogP contribution in [-0.4, -0.2) is 11.4 Å². The first-order valence-corrected chi connectivity index (χ1v) is 20.3. The van der Waals surface area contributed by atoms with Crippen molar-refractivity contribution in [1.29, 1.82) is 0 Å². The molecule has 276 valence electrons. The molecule has 0 spiro atoms. The minimum absolute atomic E-state index is 0.0648. The Morgan fingerprint density at radius 3 is 1.16 bits per heavy atom. The quantitative estimate of drug-likeness (QED) is 0.125. The predicted octanol–water partition coefficient (Wildman–Crippen LogP) is 13.9. The SMILES string of the molecule is CCc1cccc(CC)c1N=C1C(=Nc2c(C(c3ccccc3)c3ccccc3)cc(C)cc2C(c2ccccc2)c2ccccc2)c2cccc3cccc1c23. The summed E-state index contributed by atoms with van der Waals surface area (Å²) < 4.78 is 0. The van der Waals surface area contributed by atoms with Crippen molar-refractivity contribution < 1.29 is 0 Å². The highest BCUT2D eigenvalue weighted by Gasteiger charge is 2.32. The van der Waals surface area contributed by atoms with Gasteiger partial charge in [0.1, 0.15) is 0 Å². The summed E-state index contributed by atoms with van der Waals surface area (Å²) in [6.45, 7) is 6.68. The molecule has 0 unspecified atom stereocenters. The Morgan fingerprint density at radius 2 is 0.772 bits per heavy atom. The third kappa shape index (κ3) is 6.83. The van der Waals surface area contributed by atoms with Gasteiger partial charge in [-0.1, -0.05) is 207 Å². The van der Waals surface area contributed by atoms with Crippen molar-refractivity contribution >= 4 is 33.6 Å². The fourth-order valence-electron chi connectivity index (χ4n) is 8.89. The zero-order valence-corrected chi connectivity index (χ0v) is 32.9. The first-order valence-electron chi connectivity index (χ1n) is 20.3. The molecule has 9 rings (SSSR count). The van der Waals surface area contributed by atoms with Crippen molar-refractivity contribution in [2.45, 2.75) is 45.4 Å². The molecule has 0 aliphatic heterocycles. The first kappa shape index (κ1) is 36.0. The van der Waals surface area contributed by atoms with Crippen LogP contribution in [0.25, 0.3) is 10.8 Å². The number of benzene rings is 8. The topological polar surface area (TPSA) is 24.7 Å². The van der Waals surface area contributed by atoms with E-state index < -0.39 is 0 Å². The molecule has 0 radical (unpaired) electrons. The lowest BCUT2D eigenvalue weighted by Gasteiger charge is -2.27. The lowest BCUT2D eigenvalue weighted by atomic mass is 9.78. The van der Waals surface area contributed by atoms with Gasteiger partial charge in [0, 0.05) is 28.3 Å². The maximum atomic E-state index is 6.06. The molecule has 0 bridgehead atoms. The van der Waals surface area contributed by atoms with Gasteiger partial charge in [-0.3, -0.25) is 0 Å². The number of nitrogens with zero attached hydrogens (tertiary/aromatic N) is 2. The van der Waals surface area contributed by atoms with E-state index in [2.05, 4.69) is 209 Å². The third-order valence-corrected chi connectivity index (χ3v) is 11.5. The second-order valence-electron chi connectivity index (χ2n) is 15.1. The molecule has 8 aromatic carbocycles. The molecule has 0 saturated heterocycles. The van der Waals surface area contributed by atoms with Gasteiger partial charge in [-0.2, -0.15) is 0 Å². The van der Waals surface area contributed by atoms with E-state index in [1.807, 2.05) is 0 Å². The van der Waals surface area contributed by atoms with Crippen LogP contribution in [0.5, 0.6) is 0 Å². The van der Waals surface area contributed by atoms with Crippen LogP contribution in [0.4, 0.5) is 11.4 Å². The van der Waals surface area contributed by atoms with Gasteiger partial charge in [0.15, 0.2) is 0 Å². The Balaban J connectivity index is 1.42. The predicted molar refractivity (Wildman–Crippen MR) is 240 cm³/mol. The number of aryl methyl sites for hydroxylation is 3. The molecule has 2 nitrogen and oxygen atoms in total. The summed E-state index contributed by atoms with van der Waals surface area (Å²) in [6, 6.07) is 68.3. The summed E-state index contributed by atoms with van der Waals surface area (Å²) in [5.41, 5.74) is 17.1. The first-order chi connectivity index (χ1) is 28.1. The standard InChI is InChI=1S/C55H46N2/c1-4-38-29-18-30-39(5-2)52(38)56-54-45-33-19-31-44-32-20-34-46(51(44)45)55(54)57-53-47(49(40-21-10-6-11-22-40)41-23-12-7-13-24-41)35-37(3)36-48(53)50(42-25-14-8-15-26-42)43-27-16-9-17-28-43/h6-36,49-50H,4-5H2,1-3H3. The van der Waals surface area contributed by atoms with Crippen LogP contribution in [0.1, 0.15) is 86.9 Å². The van der Waals surface area contributed by atoms with Gasteiger partial charge in [-0.05, 0) is 69.7 Å². The van der Waals surface area contributed by atoms with E-state index in [4.69, 9.17) is 9.98 Å². The van der Waals surface area contributed by atoms with Crippen molar-refractivity contribution in [3.05, 3.63) is 249 Å². The van der Waals surface area contributed by atoms with Gasteiger partial charge in [-0.25, -0.2) is 9.98 Å². The van der Waals surface area contributed by atoms with Gasteiger partial charge >= 0.3 is 0 Å². The van der Waals surface area contributed by atoms with Crippen LogP contribution in [-0.2, 0) is 12.8 Å². The average Bonchev–Trinajstić information content (AvgIpc) is 3.56. The van der Waals surface area contributed by atoms with E-state index >= 15 is 0 Å². The molecule has 2 heteroatoms. The van der Waals surface area contributed by atoms with E-state index in [1.165, 1.54) is 60.8 Å². The van der Waals surface area contributed by atoms with E-state index in [-0.39, 0.29) is 11.8 Å². The van der Waals surface area contributed by atoms with Gasteiger partial charge in [0.05, 0.1) is 22.8 Å². The molecule has 0 saturated carbocycles. The highest BCUT2D eigenvalue weighted by molar-refractivity contribution is 6.61. The van der Waals surface area contributed by atoms with E-state index in [0.717, 1.165) is 46.8 Å². The third-order valence-electron chi connectivity index (χ3n) is 11.5. The van der Waals surface area contributed by atoms with Crippen molar-refractivity contribution in [1.82, 2.24) is 0 Å². The van der Waals surface area contributed by atoms with Crippen LogP contribution >= 0.6 is 0 Å². The number of hydrogen-bond donors (Lipinski definition) is 0. The van der Waals surface area contributed by atoms with E-state index in [1.54, 1.807) is 0 Å². The summed E-state index contributed by atoms with van der Waals surface area (Å²) in [5, 5.41) is 2.41. The second-order valence-corrected chi connectivity index (χ2v) is 15.1. The van der Waals surface area contributed by atoms with Crippen LogP contribution in [0.15, 0.2) is 198 Å². The monoisotopic (exact) mass is 734 g/mol. The Morgan fingerprint density at radius 1 is 0.404 bits per heavy atom. The smallest absolute Gasteiger partial charge is 0.0979 e. The molecule has 0 aromatic heterocycles. The molecule has 1 aliphatic carbocycles. The molecular weight excluding hydrogens is 689 g/mol. The minimum atomic E-state index is -0.0648. The van der Waals surface area contributed by atoms with Crippen LogP contribution in [0, 0.1) is 6.92 Å². The number of rotatable bonds is 10. The van der Waals surface area contributed by atoms with Crippen molar-refractivity contribution in [3.63, 3.8) is 0 Å². The van der Waals surface area contributed by atoms with Crippen LogP contribution in [0.2, 0.25) is 0 Å². The Kier molecular flexibility index (Phi) is 10.0. The highest BCUT2D eigenvalue weighted by Crippen LogP contribution is 2.47. The van der Waals surface area contributed by atoms with Crippen molar-refractivity contribution in [3.8, 4) is 0 Å². The molecular formula is C55H46N2. The molecule has 0 amide bonds. The number of aliphatic imine (C=N–C) groups is 2. The van der Waals surface area contributed by atoms with Crippen molar-refractivity contribution in [2.24, 2.45) is 9.98 Å². The van der Waals surface area contributed by atoms with Gasteiger partial charge in [0.25, 0.3) is 0 Å². The minimum Gasteiger partial charge on any atom is -0.246 e. The zero-order valence-electron chi connectivity index (χ0n) is 32.9. The van der Waals surface area contributed by atoms with Gasteiger partial charge in [-0.15, -0.1) is 0 Å². The summed E-state index contributed by atoms with van der Waals surface area (Å²) >= 11 is 0. The lowest BCUT2D eigenvalue weighted by molar-refractivity contribution is 0.934. The largest absolute Gasteiger partial charge is 0.246 e. The Hall–Kier alpha value is -6.64. The average molecular weight is 735 g/mol. The van der Waals surface area contributed by atoms with Gasteiger partial charge < -0.3 is 0 Å². The summed E-state index contributed by atoms with van der Waals surface area (Å²) in [5.74, 6) is -0.130. The molecule has 0 atom stereocenters. The fraction of sp³-hybridized carbons (Fsp3) is 0.127. The van der Waals surface area contributed by atoms with E-state index in [9.17, 15) is 0 Å². The molecule has 0 N–H and O–H groups in total. The maximum absolute atomic E-state index is 6.06.